The number of aryl methyl sites for hydroxylation is 2. The maximum absolute atomic E-state index is 12.8. The van der Waals surface area contributed by atoms with Gasteiger partial charge in [-0.15, -0.1) is 0 Å². The number of H-pyrrole nitrogens is 1. The Balaban J connectivity index is 1.34. The van der Waals surface area contributed by atoms with Crippen molar-refractivity contribution in [2.24, 2.45) is 0 Å². The van der Waals surface area contributed by atoms with Gasteiger partial charge in [0.2, 0.25) is 5.91 Å². The molecule has 3 heterocycles. The number of ether oxygens (including phenoxy) is 1. The van der Waals surface area contributed by atoms with E-state index in [0.29, 0.717) is 17.6 Å². The number of benzene rings is 2. The average Bonchev–Trinajstić information content (AvgIpc) is 3.18. The SMILES string of the molecule is Cc1c(CC(=O)N[C@H](C)Cc2c[nH]c3ccccc23)c(=O)oc2cc3c(cc12)CCC(C)(C)O3. The summed E-state index contributed by atoms with van der Waals surface area (Å²) < 4.78 is 11.7. The van der Waals surface area contributed by atoms with Crippen LogP contribution in [0.5, 0.6) is 5.75 Å². The number of para-hydroxylation sites is 1. The summed E-state index contributed by atoms with van der Waals surface area (Å²) in [6.45, 7) is 7.98. The highest BCUT2D eigenvalue weighted by Crippen LogP contribution is 2.36. The number of nitrogens with one attached hydrogen (secondary N) is 2. The van der Waals surface area contributed by atoms with Crippen molar-refractivity contribution in [3.8, 4) is 5.75 Å². The first-order valence-electron chi connectivity index (χ1n) is 11.8. The molecule has 0 spiro atoms. The zero-order valence-corrected chi connectivity index (χ0v) is 20.1. The number of aromatic nitrogens is 1. The highest BCUT2D eigenvalue weighted by Gasteiger charge is 2.28. The Morgan fingerprint density at radius 1 is 1.21 bits per heavy atom. The number of fused-ring (bicyclic) bond motifs is 3. The van der Waals surface area contributed by atoms with E-state index in [1.165, 1.54) is 0 Å². The Bertz CT molecular complexity index is 1460. The number of rotatable bonds is 5. The van der Waals surface area contributed by atoms with Gasteiger partial charge in [-0.3, -0.25) is 4.79 Å². The minimum Gasteiger partial charge on any atom is -0.487 e. The summed E-state index contributed by atoms with van der Waals surface area (Å²) in [7, 11) is 0. The molecular weight excluding hydrogens is 428 g/mol. The van der Waals surface area contributed by atoms with Crippen LogP contribution < -0.4 is 15.7 Å². The van der Waals surface area contributed by atoms with Crippen molar-refractivity contribution in [3.05, 3.63) is 75.3 Å². The monoisotopic (exact) mass is 458 g/mol. The van der Waals surface area contributed by atoms with Crippen LogP contribution in [0.25, 0.3) is 21.9 Å². The van der Waals surface area contributed by atoms with Crippen LogP contribution in [0.15, 0.2) is 51.8 Å². The predicted octanol–water partition coefficient (Wildman–Crippen LogP) is 4.98. The Kier molecular flexibility index (Phi) is 5.47. The van der Waals surface area contributed by atoms with Crippen LogP contribution in [0.1, 0.15) is 49.4 Å². The zero-order valence-electron chi connectivity index (χ0n) is 20.1. The Morgan fingerprint density at radius 2 is 2.00 bits per heavy atom. The van der Waals surface area contributed by atoms with Crippen LogP contribution in [-0.4, -0.2) is 22.5 Å². The van der Waals surface area contributed by atoms with E-state index in [9.17, 15) is 9.59 Å². The van der Waals surface area contributed by atoms with E-state index < -0.39 is 5.63 Å². The van der Waals surface area contributed by atoms with Gasteiger partial charge >= 0.3 is 5.63 Å². The van der Waals surface area contributed by atoms with Crippen molar-refractivity contribution in [3.63, 3.8) is 0 Å². The summed E-state index contributed by atoms with van der Waals surface area (Å²) in [6.07, 6.45) is 4.50. The molecule has 2 N–H and O–H groups in total. The van der Waals surface area contributed by atoms with Crippen molar-refractivity contribution < 1.29 is 13.9 Å². The van der Waals surface area contributed by atoms with Crippen LogP contribution in [0, 0.1) is 6.92 Å². The maximum atomic E-state index is 12.8. The zero-order chi connectivity index (χ0) is 24.0. The summed E-state index contributed by atoms with van der Waals surface area (Å²) in [5, 5.41) is 5.05. The second-order valence-electron chi connectivity index (χ2n) is 10.0. The molecule has 0 aliphatic carbocycles. The maximum Gasteiger partial charge on any atom is 0.340 e. The molecule has 1 amide bonds. The van der Waals surface area contributed by atoms with Gasteiger partial charge in [0.1, 0.15) is 16.9 Å². The smallest absolute Gasteiger partial charge is 0.340 e. The van der Waals surface area contributed by atoms with E-state index in [1.54, 1.807) is 0 Å². The predicted molar refractivity (Wildman–Crippen MR) is 134 cm³/mol. The molecule has 1 aliphatic rings. The highest BCUT2D eigenvalue weighted by molar-refractivity contribution is 5.86. The molecule has 2 aromatic carbocycles. The van der Waals surface area contributed by atoms with Crippen molar-refractivity contribution in [1.82, 2.24) is 10.3 Å². The summed E-state index contributed by atoms with van der Waals surface area (Å²) in [5.41, 5.74) is 4.31. The lowest BCUT2D eigenvalue weighted by atomic mass is 9.92. The third-order valence-electron chi connectivity index (χ3n) is 6.80. The number of hydrogen-bond donors (Lipinski definition) is 2. The molecule has 4 aromatic rings. The quantitative estimate of drug-likeness (QED) is 0.413. The van der Waals surface area contributed by atoms with Crippen LogP contribution in [0.3, 0.4) is 0 Å². The molecule has 34 heavy (non-hydrogen) atoms. The fourth-order valence-electron chi connectivity index (χ4n) is 4.91. The normalized spacial score (nSPS) is 15.6. The second-order valence-corrected chi connectivity index (χ2v) is 10.0. The lowest BCUT2D eigenvalue weighted by molar-refractivity contribution is -0.121. The Morgan fingerprint density at radius 3 is 2.82 bits per heavy atom. The van der Waals surface area contributed by atoms with Crippen LogP contribution in [-0.2, 0) is 24.1 Å². The molecule has 176 valence electrons. The van der Waals surface area contributed by atoms with Crippen molar-refractivity contribution in [1.29, 1.82) is 0 Å². The van der Waals surface area contributed by atoms with Gasteiger partial charge in [0, 0.05) is 34.6 Å². The van der Waals surface area contributed by atoms with E-state index in [1.807, 2.05) is 50.4 Å². The first-order chi connectivity index (χ1) is 16.2. The topological polar surface area (TPSA) is 84.3 Å². The van der Waals surface area contributed by atoms with Crippen LogP contribution >= 0.6 is 0 Å². The Labute approximate surface area is 198 Å². The molecule has 6 nitrogen and oxygen atoms in total. The van der Waals surface area contributed by atoms with Gasteiger partial charge < -0.3 is 19.5 Å². The molecule has 5 rings (SSSR count). The third kappa shape index (κ3) is 4.20. The van der Waals surface area contributed by atoms with Crippen LogP contribution in [0.4, 0.5) is 0 Å². The second kappa shape index (κ2) is 8.35. The summed E-state index contributed by atoms with van der Waals surface area (Å²) in [4.78, 5) is 28.9. The Hall–Kier alpha value is -3.54. The fraction of sp³-hybridized carbons (Fsp3) is 0.357. The molecule has 0 bridgehead atoms. The fourth-order valence-corrected chi connectivity index (χ4v) is 4.91. The van der Waals surface area contributed by atoms with Crippen LogP contribution in [0.2, 0.25) is 0 Å². The first-order valence-corrected chi connectivity index (χ1v) is 11.8. The number of carbonyl (C=O) groups excluding carboxylic acids is 1. The van der Waals surface area contributed by atoms with Crippen molar-refractivity contribution in [2.45, 2.75) is 65.0 Å². The molecule has 0 unspecified atom stereocenters. The third-order valence-corrected chi connectivity index (χ3v) is 6.80. The molecule has 1 aliphatic heterocycles. The van der Waals surface area contributed by atoms with Gasteiger partial charge in [0.05, 0.1) is 12.0 Å². The highest BCUT2D eigenvalue weighted by atomic mass is 16.5. The first kappa shape index (κ1) is 22.3. The van der Waals surface area contributed by atoms with Crippen molar-refractivity contribution in [2.75, 3.05) is 0 Å². The molecule has 0 saturated carbocycles. The minimum atomic E-state index is -0.473. The van der Waals surface area contributed by atoms with E-state index in [-0.39, 0.29) is 24.0 Å². The molecule has 6 heteroatoms. The molecular formula is C28H30N2O4. The van der Waals surface area contributed by atoms with Gasteiger partial charge in [-0.05, 0) is 75.8 Å². The van der Waals surface area contributed by atoms with Crippen molar-refractivity contribution >= 4 is 27.8 Å². The van der Waals surface area contributed by atoms with Gasteiger partial charge in [-0.25, -0.2) is 4.79 Å². The van der Waals surface area contributed by atoms with Gasteiger partial charge in [-0.2, -0.15) is 0 Å². The molecule has 0 radical (unpaired) electrons. The van der Waals surface area contributed by atoms with E-state index >= 15 is 0 Å². The van der Waals surface area contributed by atoms with E-state index in [0.717, 1.165) is 51.6 Å². The molecule has 1 atom stereocenters. The molecule has 0 fully saturated rings. The van der Waals surface area contributed by atoms with Gasteiger partial charge in [0.15, 0.2) is 0 Å². The minimum absolute atomic E-state index is 0.0110. The number of amides is 1. The number of aromatic amines is 1. The molecule has 0 saturated heterocycles. The average molecular weight is 459 g/mol. The molecule has 2 aromatic heterocycles. The summed E-state index contributed by atoms with van der Waals surface area (Å²) >= 11 is 0. The van der Waals surface area contributed by atoms with Gasteiger partial charge in [0.25, 0.3) is 0 Å². The van der Waals surface area contributed by atoms with Gasteiger partial charge in [-0.1, -0.05) is 18.2 Å². The standard InChI is InChI=1S/C28H30N2O4/c1-16(11-19-15-29-23-8-6-5-7-20(19)23)30-26(31)13-22-17(2)21-12-18-9-10-28(3,4)34-24(18)14-25(21)33-27(22)32/h5-8,12,14-16,29H,9-11,13H2,1-4H3,(H,30,31)/t16-/m1/s1. The van der Waals surface area contributed by atoms with E-state index in [4.69, 9.17) is 9.15 Å². The summed E-state index contributed by atoms with van der Waals surface area (Å²) in [5.74, 6) is 0.577. The number of hydrogen-bond acceptors (Lipinski definition) is 4. The summed E-state index contributed by atoms with van der Waals surface area (Å²) in [6, 6.07) is 11.9. The largest absolute Gasteiger partial charge is 0.487 e. The number of carbonyl (C=O) groups is 1. The lowest BCUT2D eigenvalue weighted by Gasteiger charge is -2.32. The lowest BCUT2D eigenvalue weighted by Crippen LogP contribution is -2.36. The van der Waals surface area contributed by atoms with E-state index in [2.05, 4.69) is 30.2 Å².